The van der Waals surface area contributed by atoms with E-state index in [1.807, 2.05) is 60.4 Å². The largest absolute Gasteiger partial charge is 0.497 e. The number of ether oxygens (including phenoxy) is 2. The second-order valence-electron chi connectivity index (χ2n) is 8.03. The zero-order chi connectivity index (χ0) is 23.0. The van der Waals surface area contributed by atoms with Crippen molar-refractivity contribution in [2.24, 2.45) is 5.92 Å². The molecule has 3 aromatic rings. The molecule has 1 aliphatic rings. The van der Waals surface area contributed by atoms with Gasteiger partial charge in [0, 0.05) is 25.2 Å². The van der Waals surface area contributed by atoms with Gasteiger partial charge in [0.1, 0.15) is 11.5 Å². The van der Waals surface area contributed by atoms with Crippen LogP contribution < -0.4 is 19.7 Å². The summed E-state index contributed by atoms with van der Waals surface area (Å²) in [4.78, 5) is 19.3. The Morgan fingerprint density at radius 1 is 1.15 bits per heavy atom. The van der Waals surface area contributed by atoms with Crippen molar-refractivity contribution in [2.75, 3.05) is 38.3 Å². The fourth-order valence-corrected chi connectivity index (χ4v) is 3.96. The van der Waals surface area contributed by atoms with Gasteiger partial charge in [-0.25, -0.2) is 0 Å². The van der Waals surface area contributed by atoms with E-state index in [2.05, 4.69) is 15.5 Å². The number of carbonyl (C=O) groups is 1. The van der Waals surface area contributed by atoms with Gasteiger partial charge < -0.3 is 24.2 Å². The third-order valence-corrected chi connectivity index (χ3v) is 5.77. The average molecular weight is 451 g/mol. The Kier molecular flexibility index (Phi) is 7.44. The molecule has 2 heterocycles. The molecule has 4 rings (SSSR count). The number of nitrogens with one attached hydrogen (secondary N) is 1. The van der Waals surface area contributed by atoms with Crippen molar-refractivity contribution in [3.8, 4) is 22.9 Å². The fourth-order valence-electron chi connectivity index (χ4n) is 3.96. The van der Waals surface area contributed by atoms with E-state index >= 15 is 0 Å². The predicted octanol–water partition coefficient (Wildman–Crippen LogP) is 3.72. The van der Waals surface area contributed by atoms with Gasteiger partial charge in [0.15, 0.2) is 0 Å². The lowest BCUT2D eigenvalue weighted by atomic mass is 9.97. The molecule has 1 aliphatic heterocycles. The molecule has 0 aliphatic carbocycles. The maximum Gasteiger partial charge on any atom is 0.324 e. The number of anilines is 1. The van der Waals surface area contributed by atoms with E-state index in [0.717, 1.165) is 42.9 Å². The Morgan fingerprint density at radius 3 is 2.64 bits per heavy atom. The van der Waals surface area contributed by atoms with Gasteiger partial charge in [-0.2, -0.15) is 4.98 Å². The van der Waals surface area contributed by atoms with Crippen LogP contribution in [0.3, 0.4) is 0 Å². The molecule has 33 heavy (non-hydrogen) atoms. The van der Waals surface area contributed by atoms with Gasteiger partial charge in [0.05, 0.1) is 19.6 Å². The number of hydrogen-bond acceptors (Lipinski definition) is 7. The van der Waals surface area contributed by atoms with Gasteiger partial charge in [-0.1, -0.05) is 17.3 Å². The minimum atomic E-state index is -0.101. The maximum absolute atomic E-state index is 12.8. The Morgan fingerprint density at radius 2 is 1.91 bits per heavy atom. The van der Waals surface area contributed by atoms with Gasteiger partial charge in [-0.15, -0.1) is 0 Å². The van der Waals surface area contributed by atoms with E-state index in [1.54, 1.807) is 7.11 Å². The van der Waals surface area contributed by atoms with Crippen molar-refractivity contribution in [2.45, 2.75) is 26.2 Å². The number of hydrogen-bond donors (Lipinski definition) is 1. The van der Waals surface area contributed by atoms with Crippen LogP contribution in [0.4, 0.5) is 6.01 Å². The van der Waals surface area contributed by atoms with Crippen molar-refractivity contribution in [3.05, 3.63) is 54.1 Å². The van der Waals surface area contributed by atoms with Gasteiger partial charge in [-0.3, -0.25) is 4.79 Å². The number of rotatable bonds is 9. The van der Waals surface area contributed by atoms with Crippen molar-refractivity contribution in [1.29, 1.82) is 0 Å². The molecule has 0 spiro atoms. The minimum Gasteiger partial charge on any atom is -0.497 e. The Balaban J connectivity index is 1.29. The molecule has 8 heteroatoms. The van der Waals surface area contributed by atoms with Crippen molar-refractivity contribution in [1.82, 2.24) is 15.5 Å². The minimum absolute atomic E-state index is 0.0699. The fraction of sp³-hybridized carbons (Fsp3) is 0.400. The Bertz CT molecular complexity index is 1030. The summed E-state index contributed by atoms with van der Waals surface area (Å²) in [6.45, 7) is 4.58. The van der Waals surface area contributed by atoms with Crippen LogP contribution in [0.5, 0.6) is 11.5 Å². The molecule has 0 radical (unpaired) electrons. The first-order valence-corrected chi connectivity index (χ1v) is 11.4. The van der Waals surface area contributed by atoms with Crippen molar-refractivity contribution >= 4 is 11.9 Å². The zero-order valence-corrected chi connectivity index (χ0v) is 19.1. The van der Waals surface area contributed by atoms with E-state index < -0.39 is 0 Å². The summed E-state index contributed by atoms with van der Waals surface area (Å²) in [6.07, 6.45) is 2.53. The number of carbonyl (C=O) groups excluding carboxylic acids is 1. The molecule has 174 valence electrons. The van der Waals surface area contributed by atoms with Crippen LogP contribution >= 0.6 is 0 Å². The molecule has 1 fully saturated rings. The van der Waals surface area contributed by atoms with Crippen molar-refractivity contribution < 1.29 is 18.8 Å². The first-order valence-electron chi connectivity index (χ1n) is 11.4. The van der Waals surface area contributed by atoms with E-state index in [1.165, 1.54) is 5.56 Å². The lowest BCUT2D eigenvalue weighted by molar-refractivity contribution is -0.125. The normalized spacial score (nSPS) is 15.8. The molecule has 8 nitrogen and oxygen atoms in total. The van der Waals surface area contributed by atoms with Gasteiger partial charge in [-0.05, 0) is 68.1 Å². The third-order valence-electron chi connectivity index (χ3n) is 5.77. The van der Waals surface area contributed by atoms with Crippen LogP contribution in [0, 0.1) is 5.92 Å². The molecule has 1 aromatic heterocycles. The zero-order valence-electron chi connectivity index (χ0n) is 19.1. The SMILES string of the molecule is CCOc1ccc(CCNC(=O)[C@@H]2CCCN(c3nc(-c4ccc(OC)cc4)no3)C2)cc1. The second-order valence-corrected chi connectivity index (χ2v) is 8.03. The van der Waals surface area contributed by atoms with Gasteiger partial charge >= 0.3 is 6.01 Å². The molecule has 1 saturated heterocycles. The van der Waals surface area contributed by atoms with Gasteiger partial charge in [0.2, 0.25) is 11.7 Å². The van der Waals surface area contributed by atoms with Crippen LogP contribution in [0.25, 0.3) is 11.4 Å². The number of amides is 1. The van der Waals surface area contributed by atoms with E-state index in [0.29, 0.717) is 31.5 Å². The molecule has 0 saturated carbocycles. The predicted molar refractivity (Wildman–Crippen MR) is 126 cm³/mol. The lowest BCUT2D eigenvalue weighted by Gasteiger charge is -2.30. The summed E-state index contributed by atoms with van der Waals surface area (Å²) in [5.74, 6) is 2.13. The Labute approximate surface area is 193 Å². The summed E-state index contributed by atoms with van der Waals surface area (Å²) >= 11 is 0. The monoisotopic (exact) mass is 450 g/mol. The summed E-state index contributed by atoms with van der Waals surface area (Å²) in [5.41, 5.74) is 2.02. The molecular formula is C25H30N4O4. The number of methoxy groups -OCH3 is 1. The highest BCUT2D eigenvalue weighted by Crippen LogP contribution is 2.26. The molecule has 1 atom stereocenters. The first-order chi connectivity index (χ1) is 16.2. The molecule has 0 unspecified atom stereocenters. The maximum atomic E-state index is 12.8. The number of piperidine rings is 1. The highest BCUT2D eigenvalue weighted by atomic mass is 16.5. The molecule has 0 bridgehead atoms. The first kappa shape index (κ1) is 22.6. The molecule has 1 N–H and O–H groups in total. The van der Waals surface area contributed by atoms with Crippen LogP contribution in [-0.4, -0.2) is 49.4 Å². The smallest absolute Gasteiger partial charge is 0.324 e. The standard InChI is InChI=1S/C25H30N4O4/c1-3-32-22-10-6-18(7-11-22)14-15-26-24(30)20-5-4-16-29(17-20)25-27-23(28-33-25)19-8-12-21(31-2)13-9-19/h6-13,20H,3-5,14-17H2,1-2H3,(H,26,30)/t20-/m1/s1. The molecule has 1 amide bonds. The third kappa shape index (κ3) is 5.83. The summed E-state index contributed by atoms with van der Waals surface area (Å²) < 4.78 is 16.2. The summed E-state index contributed by atoms with van der Waals surface area (Å²) in [5, 5.41) is 7.19. The highest BCUT2D eigenvalue weighted by Gasteiger charge is 2.28. The van der Waals surface area contributed by atoms with E-state index in [9.17, 15) is 4.79 Å². The van der Waals surface area contributed by atoms with Crippen LogP contribution in [0.15, 0.2) is 53.1 Å². The number of benzene rings is 2. The Hall–Kier alpha value is -3.55. The van der Waals surface area contributed by atoms with Crippen LogP contribution in [-0.2, 0) is 11.2 Å². The average Bonchev–Trinajstić information content (AvgIpc) is 3.36. The highest BCUT2D eigenvalue weighted by molar-refractivity contribution is 5.79. The van der Waals surface area contributed by atoms with E-state index in [4.69, 9.17) is 14.0 Å². The summed E-state index contributed by atoms with van der Waals surface area (Å²) in [6, 6.07) is 16.0. The van der Waals surface area contributed by atoms with Crippen molar-refractivity contribution in [3.63, 3.8) is 0 Å². The number of nitrogens with zero attached hydrogens (tertiary/aromatic N) is 3. The quantitative estimate of drug-likeness (QED) is 0.531. The molecular weight excluding hydrogens is 420 g/mol. The van der Waals surface area contributed by atoms with Crippen LogP contribution in [0.1, 0.15) is 25.3 Å². The lowest BCUT2D eigenvalue weighted by Crippen LogP contribution is -2.43. The number of aromatic nitrogens is 2. The topological polar surface area (TPSA) is 89.7 Å². The molecule has 2 aromatic carbocycles. The summed E-state index contributed by atoms with van der Waals surface area (Å²) in [7, 11) is 1.63. The second kappa shape index (κ2) is 10.8. The van der Waals surface area contributed by atoms with E-state index in [-0.39, 0.29) is 11.8 Å². The van der Waals surface area contributed by atoms with Crippen LogP contribution in [0.2, 0.25) is 0 Å². The van der Waals surface area contributed by atoms with Gasteiger partial charge in [0.25, 0.3) is 0 Å².